The summed E-state index contributed by atoms with van der Waals surface area (Å²) in [5, 5.41) is -0.266. The molecule has 0 aliphatic rings. The zero-order chi connectivity index (χ0) is 19.2. The molecule has 0 aromatic heterocycles. The summed E-state index contributed by atoms with van der Waals surface area (Å²) in [7, 11) is -2.94. The van der Waals surface area contributed by atoms with Crippen LogP contribution in [-0.2, 0) is 25.3 Å². The third kappa shape index (κ3) is 5.70. The minimum absolute atomic E-state index is 0.166. The van der Waals surface area contributed by atoms with Gasteiger partial charge in [0.2, 0.25) is 10.0 Å². The average molecular weight is 418 g/mol. The van der Waals surface area contributed by atoms with Crippen LogP contribution in [0.4, 0.5) is 4.39 Å². The number of rotatable bonds is 8. The highest BCUT2D eigenvalue weighted by Crippen LogP contribution is 2.23. The molecule has 2 aromatic carbocycles. The molecule has 1 atom stereocenters. The molecule has 0 saturated carbocycles. The molecule has 5 nitrogen and oxygen atoms in total. The van der Waals surface area contributed by atoms with Gasteiger partial charge in [0, 0.05) is 11.5 Å². The molecule has 1 N–H and O–H groups in total. The van der Waals surface area contributed by atoms with Crippen LogP contribution in [0.2, 0.25) is 5.02 Å². The zero-order valence-corrected chi connectivity index (χ0v) is 16.2. The zero-order valence-electron chi connectivity index (χ0n) is 13.8. The van der Waals surface area contributed by atoms with E-state index in [4.69, 9.17) is 11.6 Å². The van der Waals surface area contributed by atoms with E-state index in [0.717, 1.165) is 23.8 Å². The quantitative estimate of drug-likeness (QED) is 0.667. The Bertz CT molecular complexity index is 862. The minimum Gasteiger partial charge on any atom is -0.468 e. The van der Waals surface area contributed by atoms with Crippen molar-refractivity contribution in [3.05, 3.63) is 64.9 Å². The highest BCUT2D eigenvalue weighted by Gasteiger charge is 2.28. The molecule has 0 bridgehead atoms. The van der Waals surface area contributed by atoms with Gasteiger partial charge in [0.25, 0.3) is 0 Å². The summed E-state index contributed by atoms with van der Waals surface area (Å²) in [5.74, 6) is -0.600. The van der Waals surface area contributed by atoms with Crippen LogP contribution in [0, 0.1) is 5.82 Å². The van der Waals surface area contributed by atoms with Crippen LogP contribution in [0.25, 0.3) is 0 Å². The molecule has 0 aliphatic heterocycles. The van der Waals surface area contributed by atoms with Gasteiger partial charge in [-0.3, -0.25) is 4.79 Å². The lowest BCUT2D eigenvalue weighted by atomic mass is 10.2. The summed E-state index contributed by atoms with van der Waals surface area (Å²) >= 11 is 7.19. The number of halogens is 2. The SMILES string of the molecule is COC(=O)C(CSCc1ccccc1)NS(=O)(=O)c1ccc(F)cc1Cl. The van der Waals surface area contributed by atoms with Gasteiger partial charge in [-0.1, -0.05) is 41.9 Å². The number of hydrogen-bond acceptors (Lipinski definition) is 5. The Morgan fingerprint density at radius 1 is 1.27 bits per heavy atom. The summed E-state index contributed by atoms with van der Waals surface area (Å²) in [5.41, 5.74) is 1.05. The average Bonchev–Trinajstić information content (AvgIpc) is 2.60. The summed E-state index contributed by atoms with van der Waals surface area (Å²) in [6.45, 7) is 0. The Morgan fingerprint density at radius 3 is 2.58 bits per heavy atom. The standard InChI is InChI=1S/C17H17ClFNO4S2/c1-24-17(21)15(11-25-10-12-5-3-2-4-6-12)20-26(22,23)16-8-7-13(19)9-14(16)18/h2-9,15,20H,10-11H2,1H3. The molecule has 26 heavy (non-hydrogen) atoms. The normalized spacial score (nSPS) is 12.6. The monoisotopic (exact) mass is 417 g/mol. The van der Waals surface area contributed by atoms with Gasteiger partial charge < -0.3 is 4.74 Å². The lowest BCUT2D eigenvalue weighted by molar-refractivity contribution is -0.141. The van der Waals surface area contributed by atoms with E-state index in [1.54, 1.807) is 0 Å². The van der Waals surface area contributed by atoms with E-state index in [2.05, 4.69) is 9.46 Å². The molecule has 1 unspecified atom stereocenters. The number of ether oxygens (including phenoxy) is 1. The lowest BCUT2D eigenvalue weighted by Gasteiger charge is -2.17. The van der Waals surface area contributed by atoms with Crippen molar-refractivity contribution in [1.29, 1.82) is 0 Å². The molecule has 0 aliphatic carbocycles. The van der Waals surface area contributed by atoms with Crippen molar-refractivity contribution >= 4 is 39.4 Å². The van der Waals surface area contributed by atoms with E-state index >= 15 is 0 Å². The van der Waals surface area contributed by atoms with Crippen molar-refractivity contribution in [1.82, 2.24) is 4.72 Å². The number of hydrogen-bond donors (Lipinski definition) is 1. The predicted molar refractivity (Wildman–Crippen MR) is 100 cm³/mol. The summed E-state index contributed by atoms with van der Waals surface area (Å²) in [4.78, 5) is 11.6. The lowest BCUT2D eigenvalue weighted by Crippen LogP contribution is -2.43. The van der Waals surface area contributed by atoms with Gasteiger partial charge in [-0.25, -0.2) is 12.8 Å². The first-order valence-electron chi connectivity index (χ1n) is 7.50. The largest absolute Gasteiger partial charge is 0.468 e. The Hall–Kier alpha value is -1.61. The number of carbonyl (C=O) groups is 1. The van der Waals surface area contributed by atoms with E-state index in [9.17, 15) is 17.6 Å². The van der Waals surface area contributed by atoms with Gasteiger partial charge in [0.1, 0.15) is 16.8 Å². The van der Waals surface area contributed by atoms with Crippen molar-refractivity contribution in [2.24, 2.45) is 0 Å². The molecular formula is C17H17ClFNO4S2. The van der Waals surface area contributed by atoms with E-state index in [-0.39, 0.29) is 15.7 Å². The van der Waals surface area contributed by atoms with Crippen molar-refractivity contribution < 1.29 is 22.3 Å². The fourth-order valence-corrected chi connectivity index (χ4v) is 4.93. The summed E-state index contributed by atoms with van der Waals surface area (Å²) in [6, 6.07) is 11.4. The van der Waals surface area contributed by atoms with Gasteiger partial charge in [-0.2, -0.15) is 16.5 Å². The van der Waals surface area contributed by atoms with Crippen LogP contribution >= 0.6 is 23.4 Å². The Labute approximate surface area is 160 Å². The highest BCUT2D eigenvalue weighted by atomic mass is 35.5. The number of esters is 1. The number of sulfonamides is 1. The van der Waals surface area contributed by atoms with Crippen molar-refractivity contribution in [2.75, 3.05) is 12.9 Å². The van der Waals surface area contributed by atoms with Crippen LogP contribution in [0.5, 0.6) is 0 Å². The van der Waals surface area contributed by atoms with Crippen LogP contribution in [0.1, 0.15) is 5.56 Å². The molecule has 0 heterocycles. The number of methoxy groups -OCH3 is 1. The predicted octanol–water partition coefficient (Wildman–Crippen LogP) is 3.23. The second-order valence-corrected chi connectivity index (χ2v) is 8.39. The molecule has 0 fully saturated rings. The first-order valence-corrected chi connectivity index (χ1v) is 10.5. The van der Waals surface area contributed by atoms with Crippen LogP contribution in [-0.4, -0.2) is 33.3 Å². The maximum atomic E-state index is 13.1. The second-order valence-electron chi connectivity index (χ2n) is 5.27. The molecule has 0 spiro atoms. The first kappa shape index (κ1) is 20.7. The first-order chi connectivity index (χ1) is 12.3. The molecule has 0 radical (unpaired) electrons. The van der Waals surface area contributed by atoms with Crippen molar-refractivity contribution in [3.63, 3.8) is 0 Å². The van der Waals surface area contributed by atoms with E-state index in [0.29, 0.717) is 5.75 Å². The van der Waals surface area contributed by atoms with Crippen LogP contribution in [0.15, 0.2) is 53.4 Å². The number of carbonyl (C=O) groups excluding carboxylic acids is 1. The Morgan fingerprint density at radius 2 is 1.96 bits per heavy atom. The topological polar surface area (TPSA) is 72.5 Å². The highest BCUT2D eigenvalue weighted by molar-refractivity contribution is 7.98. The molecular weight excluding hydrogens is 401 g/mol. The third-order valence-corrected chi connectivity index (χ3v) is 6.42. The van der Waals surface area contributed by atoms with Gasteiger partial charge in [-0.05, 0) is 23.8 Å². The minimum atomic E-state index is -4.12. The van der Waals surface area contributed by atoms with E-state index in [1.807, 2.05) is 30.3 Å². The number of nitrogens with one attached hydrogen (secondary N) is 1. The van der Waals surface area contributed by atoms with Crippen LogP contribution in [0.3, 0.4) is 0 Å². The molecule has 0 saturated heterocycles. The maximum Gasteiger partial charge on any atom is 0.324 e. The number of thioether (sulfide) groups is 1. The van der Waals surface area contributed by atoms with E-state index < -0.39 is 27.9 Å². The third-order valence-electron chi connectivity index (χ3n) is 3.36. The van der Waals surface area contributed by atoms with Gasteiger partial charge in [0.05, 0.1) is 12.1 Å². The van der Waals surface area contributed by atoms with E-state index in [1.165, 1.54) is 18.9 Å². The van der Waals surface area contributed by atoms with Crippen LogP contribution < -0.4 is 4.72 Å². The molecule has 9 heteroatoms. The van der Waals surface area contributed by atoms with Crippen molar-refractivity contribution in [2.45, 2.75) is 16.7 Å². The molecule has 140 valence electrons. The van der Waals surface area contributed by atoms with Gasteiger partial charge in [-0.15, -0.1) is 0 Å². The number of benzene rings is 2. The second kappa shape index (κ2) is 9.36. The Balaban J connectivity index is 2.10. The summed E-state index contributed by atoms with van der Waals surface area (Å²) < 4.78 is 45.1. The molecule has 0 amide bonds. The fourth-order valence-electron chi connectivity index (χ4n) is 2.11. The van der Waals surface area contributed by atoms with Crippen molar-refractivity contribution in [3.8, 4) is 0 Å². The van der Waals surface area contributed by atoms with Gasteiger partial charge >= 0.3 is 5.97 Å². The maximum absolute atomic E-state index is 13.1. The smallest absolute Gasteiger partial charge is 0.324 e. The Kier molecular flexibility index (Phi) is 7.45. The van der Waals surface area contributed by atoms with Gasteiger partial charge in [0.15, 0.2) is 0 Å². The molecule has 2 aromatic rings. The fraction of sp³-hybridized carbons (Fsp3) is 0.235. The molecule has 2 rings (SSSR count). The summed E-state index contributed by atoms with van der Waals surface area (Å²) in [6.07, 6.45) is 0.